The lowest BCUT2D eigenvalue weighted by Gasteiger charge is -2.28. The number of ether oxygens (including phenoxy) is 2. The number of halogens is 1. The van der Waals surface area contributed by atoms with Crippen molar-refractivity contribution in [2.45, 2.75) is 63.6 Å². The predicted octanol–water partition coefficient (Wildman–Crippen LogP) is 4.79. The lowest BCUT2D eigenvalue weighted by Crippen LogP contribution is -2.56. The third kappa shape index (κ3) is 7.73. The Morgan fingerprint density at radius 1 is 0.755 bits per heavy atom. The lowest BCUT2D eigenvalue weighted by molar-refractivity contribution is -0.150. The summed E-state index contributed by atoms with van der Waals surface area (Å²) in [5.74, 6) is -2.22. The van der Waals surface area contributed by atoms with Gasteiger partial charge in [0.05, 0.1) is 18.3 Å². The van der Waals surface area contributed by atoms with Crippen LogP contribution in [0.15, 0.2) is 85.2 Å². The molecule has 0 unspecified atom stereocenters. The molecule has 2 aromatic carbocycles. The molecule has 0 bridgehead atoms. The van der Waals surface area contributed by atoms with E-state index in [9.17, 15) is 24.3 Å². The summed E-state index contributed by atoms with van der Waals surface area (Å²) in [5, 5.41) is 15.4. The number of carboxylic acid groups (broad SMARTS) is 1. The third-order valence-corrected chi connectivity index (χ3v) is 8.65. The number of aromatic nitrogens is 2. The van der Waals surface area contributed by atoms with Crippen molar-refractivity contribution < 1.29 is 33.8 Å². The number of nitrogens with one attached hydrogen (secondary N) is 2. The number of nitrogens with zero attached hydrogens (tertiary/aromatic N) is 2. The van der Waals surface area contributed by atoms with Crippen LogP contribution in [0, 0.1) is 0 Å². The van der Waals surface area contributed by atoms with Crippen molar-refractivity contribution in [3.63, 3.8) is 0 Å². The van der Waals surface area contributed by atoms with Crippen LogP contribution in [0.1, 0.15) is 63.7 Å². The Hall–Kier alpha value is -5.29. The second kappa shape index (κ2) is 14.9. The van der Waals surface area contributed by atoms with Gasteiger partial charge >= 0.3 is 11.9 Å². The van der Waals surface area contributed by atoms with Gasteiger partial charge in [0.2, 0.25) is 5.88 Å². The van der Waals surface area contributed by atoms with E-state index in [0.29, 0.717) is 12.8 Å². The molecule has 49 heavy (non-hydrogen) atoms. The molecule has 2 heterocycles. The predicted molar refractivity (Wildman–Crippen MR) is 182 cm³/mol. The van der Waals surface area contributed by atoms with Gasteiger partial charge in [-0.3, -0.25) is 9.59 Å². The van der Waals surface area contributed by atoms with Crippen molar-refractivity contribution >= 4 is 35.4 Å². The van der Waals surface area contributed by atoms with E-state index in [1.165, 1.54) is 12.4 Å². The Labute approximate surface area is 289 Å². The largest absolute Gasteiger partial charge is 0.479 e. The van der Waals surface area contributed by atoms with Gasteiger partial charge < -0.3 is 25.2 Å². The molecule has 12 heteroatoms. The van der Waals surface area contributed by atoms with E-state index in [1.807, 2.05) is 62.4 Å². The van der Waals surface area contributed by atoms with Crippen LogP contribution in [0.3, 0.4) is 0 Å². The molecule has 0 saturated carbocycles. The smallest absolute Gasteiger partial charge is 0.332 e. The fourth-order valence-electron chi connectivity index (χ4n) is 6.08. The summed E-state index contributed by atoms with van der Waals surface area (Å²) in [6.07, 6.45) is 4.19. The second-order valence-corrected chi connectivity index (χ2v) is 12.6. The molecule has 4 aromatic rings. The van der Waals surface area contributed by atoms with Crippen molar-refractivity contribution in [3.05, 3.63) is 124 Å². The van der Waals surface area contributed by atoms with Gasteiger partial charge in [-0.25, -0.2) is 19.6 Å². The highest BCUT2D eigenvalue weighted by Crippen LogP contribution is 2.33. The molecule has 0 radical (unpaired) electrons. The summed E-state index contributed by atoms with van der Waals surface area (Å²) in [6.45, 7) is 5.67. The highest BCUT2D eigenvalue weighted by atomic mass is 35.5. The molecular weight excluding hydrogens is 648 g/mol. The van der Waals surface area contributed by atoms with E-state index < -0.39 is 34.8 Å². The molecule has 0 fully saturated rings. The van der Waals surface area contributed by atoms with Crippen LogP contribution in [-0.4, -0.2) is 62.6 Å². The van der Waals surface area contributed by atoms with Gasteiger partial charge in [-0.1, -0.05) is 60.1 Å². The standard InChI is InChI=1S/C19H20N2O4.C18H17ClN2O3/c1-12(2)25-17-15(8-5-9-20-17)16(22)21-19(18(23)24)10-13-6-3-4-7-14(13)11-19;1-2-24-17(23)18(10-12-6-3-4-7-13(12)11-18)21-16(22)14-8-5-9-20-15(14)19/h3-9,12H,10-11H2,1-2H3,(H,21,22)(H,23,24);3-9H,2,10-11H2,1H3,(H,21,22). The number of carbonyl (C=O) groups is 4. The number of rotatable bonds is 9. The van der Waals surface area contributed by atoms with Gasteiger partial charge in [-0.2, -0.15) is 0 Å². The van der Waals surface area contributed by atoms with Crippen LogP contribution in [0.5, 0.6) is 5.88 Å². The molecule has 3 N–H and O–H groups in total. The fraction of sp³-hybridized carbons (Fsp3) is 0.297. The molecule has 0 saturated heterocycles. The van der Waals surface area contributed by atoms with Crippen molar-refractivity contribution in [2.24, 2.45) is 0 Å². The van der Waals surface area contributed by atoms with Crippen LogP contribution in [0.4, 0.5) is 0 Å². The summed E-state index contributed by atoms with van der Waals surface area (Å²) in [4.78, 5) is 58.0. The maximum Gasteiger partial charge on any atom is 0.332 e. The first kappa shape index (κ1) is 35.0. The zero-order valence-corrected chi connectivity index (χ0v) is 28.1. The van der Waals surface area contributed by atoms with Crippen LogP contribution < -0.4 is 15.4 Å². The van der Waals surface area contributed by atoms with Crippen LogP contribution in [-0.2, 0) is 40.0 Å². The average molecular weight is 685 g/mol. The summed E-state index contributed by atoms with van der Waals surface area (Å²) in [6, 6.07) is 21.7. The van der Waals surface area contributed by atoms with Crippen LogP contribution >= 0.6 is 11.6 Å². The number of esters is 1. The third-order valence-electron chi connectivity index (χ3n) is 8.35. The zero-order chi connectivity index (χ0) is 35.2. The number of hydrogen-bond donors (Lipinski definition) is 3. The van der Waals surface area contributed by atoms with E-state index in [0.717, 1.165) is 22.3 Å². The summed E-state index contributed by atoms with van der Waals surface area (Å²) in [5.41, 5.74) is 1.93. The molecule has 11 nitrogen and oxygen atoms in total. The van der Waals surface area contributed by atoms with E-state index >= 15 is 0 Å². The minimum Gasteiger partial charge on any atom is -0.479 e. The van der Waals surface area contributed by atoms with E-state index in [4.69, 9.17) is 21.1 Å². The number of amides is 2. The minimum atomic E-state index is -1.36. The van der Waals surface area contributed by atoms with E-state index in [-0.39, 0.29) is 47.7 Å². The van der Waals surface area contributed by atoms with Crippen molar-refractivity contribution in [3.8, 4) is 5.88 Å². The highest BCUT2D eigenvalue weighted by Gasteiger charge is 2.47. The number of benzene rings is 2. The number of carboxylic acids is 1. The number of aliphatic carboxylic acids is 1. The SMILES string of the molecule is CC(C)Oc1ncccc1C(=O)NC1(C(=O)O)Cc2ccccc2C1.CCOC(=O)C1(NC(=O)c2cccnc2Cl)Cc2ccccc2C1. The lowest BCUT2D eigenvalue weighted by atomic mass is 9.95. The zero-order valence-electron chi connectivity index (χ0n) is 27.4. The number of pyridine rings is 2. The van der Waals surface area contributed by atoms with Gasteiger partial charge in [-0.05, 0) is 67.3 Å². The second-order valence-electron chi connectivity index (χ2n) is 12.2. The number of hydrogen-bond acceptors (Lipinski definition) is 8. The molecular formula is C37H37ClN4O7. The first-order valence-electron chi connectivity index (χ1n) is 15.9. The van der Waals surface area contributed by atoms with Crippen molar-refractivity contribution in [1.29, 1.82) is 0 Å². The van der Waals surface area contributed by atoms with Gasteiger partial charge in [0, 0.05) is 38.1 Å². The quantitative estimate of drug-likeness (QED) is 0.167. The molecule has 0 atom stereocenters. The molecule has 2 aliphatic carbocycles. The average Bonchev–Trinajstić information content (AvgIpc) is 3.64. The summed E-state index contributed by atoms with van der Waals surface area (Å²) in [7, 11) is 0. The molecule has 0 spiro atoms. The van der Waals surface area contributed by atoms with Crippen LogP contribution in [0.2, 0.25) is 5.15 Å². The van der Waals surface area contributed by atoms with Gasteiger partial charge in [-0.15, -0.1) is 0 Å². The summed E-state index contributed by atoms with van der Waals surface area (Å²) < 4.78 is 10.8. The van der Waals surface area contributed by atoms with Gasteiger partial charge in [0.15, 0.2) is 0 Å². The highest BCUT2D eigenvalue weighted by molar-refractivity contribution is 6.32. The Bertz CT molecular complexity index is 1830. The Kier molecular flexibility index (Phi) is 10.6. The molecule has 0 aliphatic heterocycles. The minimum absolute atomic E-state index is 0.101. The Morgan fingerprint density at radius 2 is 1.22 bits per heavy atom. The maximum absolute atomic E-state index is 12.8. The summed E-state index contributed by atoms with van der Waals surface area (Å²) >= 11 is 5.99. The fourth-order valence-corrected chi connectivity index (χ4v) is 6.29. The topological polar surface area (TPSA) is 157 Å². The van der Waals surface area contributed by atoms with E-state index in [2.05, 4.69) is 20.6 Å². The monoisotopic (exact) mass is 684 g/mol. The van der Waals surface area contributed by atoms with Crippen molar-refractivity contribution in [2.75, 3.05) is 6.61 Å². The van der Waals surface area contributed by atoms with Crippen molar-refractivity contribution in [1.82, 2.24) is 20.6 Å². The molecule has 2 aromatic heterocycles. The number of carbonyl (C=O) groups excluding carboxylic acids is 3. The van der Waals surface area contributed by atoms with Gasteiger partial charge in [0.25, 0.3) is 11.8 Å². The number of fused-ring (bicyclic) bond motifs is 2. The van der Waals surface area contributed by atoms with Gasteiger partial charge in [0.1, 0.15) is 21.8 Å². The molecule has 2 aliphatic rings. The normalized spacial score (nSPS) is 14.8. The van der Waals surface area contributed by atoms with E-state index in [1.54, 1.807) is 31.2 Å². The first-order valence-corrected chi connectivity index (χ1v) is 16.3. The maximum atomic E-state index is 12.8. The molecule has 6 rings (SSSR count). The molecule has 2 amide bonds. The first-order chi connectivity index (χ1) is 23.5. The molecule has 254 valence electrons. The Morgan fingerprint density at radius 3 is 1.71 bits per heavy atom. The van der Waals surface area contributed by atoms with Crippen LogP contribution in [0.25, 0.3) is 0 Å². The Balaban J connectivity index is 0.000000191.